The second-order valence-electron chi connectivity index (χ2n) is 6.40. The highest BCUT2D eigenvalue weighted by molar-refractivity contribution is 6.74. The standard InChI is InChI=1S/C13H26O3Si/c1-13(2,3)17(4,5)16-9-7-11-6-8-15-10-12(11)14/h11H,6-10H2,1-5H3. The number of rotatable bonds is 4. The highest BCUT2D eigenvalue weighted by Crippen LogP contribution is 2.36. The van der Waals surface area contributed by atoms with Gasteiger partial charge in [0.25, 0.3) is 0 Å². The van der Waals surface area contributed by atoms with Crippen LogP contribution in [-0.4, -0.2) is 33.9 Å². The maximum absolute atomic E-state index is 11.6. The minimum Gasteiger partial charge on any atom is -0.417 e. The molecule has 1 rings (SSSR count). The van der Waals surface area contributed by atoms with Crippen molar-refractivity contribution in [3.63, 3.8) is 0 Å². The number of hydrogen-bond acceptors (Lipinski definition) is 3. The molecule has 1 heterocycles. The van der Waals surface area contributed by atoms with Gasteiger partial charge in [0.05, 0.1) is 0 Å². The smallest absolute Gasteiger partial charge is 0.191 e. The molecule has 0 aromatic carbocycles. The Balaban J connectivity index is 2.34. The lowest BCUT2D eigenvalue weighted by atomic mass is 9.96. The zero-order valence-electron chi connectivity index (χ0n) is 11.8. The van der Waals surface area contributed by atoms with Crippen LogP contribution in [0.1, 0.15) is 33.6 Å². The predicted octanol–water partition coefficient (Wildman–Crippen LogP) is 3.00. The molecular weight excluding hydrogens is 232 g/mol. The van der Waals surface area contributed by atoms with Crippen molar-refractivity contribution in [1.82, 2.24) is 0 Å². The van der Waals surface area contributed by atoms with Crippen LogP contribution in [0.2, 0.25) is 18.1 Å². The lowest BCUT2D eigenvalue weighted by Crippen LogP contribution is -2.41. The first-order chi connectivity index (χ1) is 7.74. The van der Waals surface area contributed by atoms with E-state index in [9.17, 15) is 4.79 Å². The summed E-state index contributed by atoms with van der Waals surface area (Å²) in [6.07, 6.45) is 1.72. The van der Waals surface area contributed by atoms with Gasteiger partial charge in [0.2, 0.25) is 0 Å². The van der Waals surface area contributed by atoms with Gasteiger partial charge in [-0.3, -0.25) is 4.79 Å². The van der Waals surface area contributed by atoms with E-state index in [1.165, 1.54) is 0 Å². The number of hydrogen-bond donors (Lipinski definition) is 0. The number of ether oxygens (including phenoxy) is 1. The normalized spacial score (nSPS) is 22.9. The molecule has 0 radical (unpaired) electrons. The Kier molecular flexibility index (Phi) is 4.92. The van der Waals surface area contributed by atoms with Crippen molar-refractivity contribution in [1.29, 1.82) is 0 Å². The second kappa shape index (κ2) is 5.63. The highest BCUT2D eigenvalue weighted by atomic mass is 28.4. The van der Waals surface area contributed by atoms with Crippen molar-refractivity contribution < 1.29 is 14.0 Å². The molecule has 0 saturated carbocycles. The molecular formula is C13H26O3Si. The van der Waals surface area contributed by atoms with Crippen molar-refractivity contribution in [3.8, 4) is 0 Å². The maximum atomic E-state index is 11.6. The first-order valence-corrected chi connectivity index (χ1v) is 9.39. The van der Waals surface area contributed by atoms with Crippen LogP contribution in [-0.2, 0) is 14.0 Å². The molecule has 3 nitrogen and oxygen atoms in total. The first kappa shape index (κ1) is 14.9. The fourth-order valence-electron chi connectivity index (χ4n) is 1.66. The lowest BCUT2D eigenvalue weighted by molar-refractivity contribution is -0.132. The van der Waals surface area contributed by atoms with E-state index in [1.807, 2.05) is 0 Å². The summed E-state index contributed by atoms with van der Waals surface area (Å²) in [5.41, 5.74) is 0. The first-order valence-electron chi connectivity index (χ1n) is 6.48. The third-order valence-electron chi connectivity index (χ3n) is 4.05. The van der Waals surface area contributed by atoms with Crippen molar-refractivity contribution in [3.05, 3.63) is 0 Å². The Bertz CT molecular complexity index is 268. The van der Waals surface area contributed by atoms with Gasteiger partial charge in [-0.25, -0.2) is 0 Å². The fraction of sp³-hybridized carbons (Fsp3) is 0.923. The molecule has 1 aliphatic rings. The van der Waals surface area contributed by atoms with Crippen LogP contribution < -0.4 is 0 Å². The molecule has 4 heteroatoms. The molecule has 100 valence electrons. The van der Waals surface area contributed by atoms with Gasteiger partial charge < -0.3 is 9.16 Å². The van der Waals surface area contributed by atoms with E-state index in [4.69, 9.17) is 9.16 Å². The fourth-order valence-corrected chi connectivity index (χ4v) is 2.72. The van der Waals surface area contributed by atoms with Gasteiger partial charge in [-0.15, -0.1) is 0 Å². The average molecular weight is 258 g/mol. The van der Waals surface area contributed by atoms with Crippen molar-refractivity contribution in [2.24, 2.45) is 5.92 Å². The third kappa shape index (κ3) is 4.19. The Labute approximate surface area is 106 Å². The number of carbonyl (C=O) groups is 1. The summed E-state index contributed by atoms with van der Waals surface area (Å²) in [5.74, 6) is 0.406. The Hall–Kier alpha value is -0.193. The van der Waals surface area contributed by atoms with Gasteiger partial charge in [0, 0.05) is 19.1 Å². The van der Waals surface area contributed by atoms with Crippen LogP contribution in [0, 0.1) is 5.92 Å². The SMILES string of the molecule is CC(C)(C)[Si](C)(C)OCCC1CCOCC1=O. The summed E-state index contributed by atoms with van der Waals surface area (Å²) in [6, 6.07) is 0. The van der Waals surface area contributed by atoms with Crippen LogP contribution in [0.5, 0.6) is 0 Å². The molecule has 1 aliphatic heterocycles. The maximum Gasteiger partial charge on any atom is 0.191 e. The van der Waals surface area contributed by atoms with Gasteiger partial charge in [0.15, 0.2) is 14.1 Å². The van der Waals surface area contributed by atoms with E-state index in [0.29, 0.717) is 13.2 Å². The van der Waals surface area contributed by atoms with Gasteiger partial charge >= 0.3 is 0 Å². The largest absolute Gasteiger partial charge is 0.417 e. The molecule has 0 aromatic heterocycles. The van der Waals surface area contributed by atoms with Crippen molar-refractivity contribution in [2.75, 3.05) is 19.8 Å². The molecule has 17 heavy (non-hydrogen) atoms. The topological polar surface area (TPSA) is 35.5 Å². The van der Waals surface area contributed by atoms with E-state index in [1.54, 1.807) is 0 Å². The van der Waals surface area contributed by atoms with E-state index in [-0.39, 0.29) is 16.7 Å². The summed E-state index contributed by atoms with van der Waals surface area (Å²) in [5, 5.41) is 0.243. The Morgan fingerprint density at radius 3 is 2.59 bits per heavy atom. The molecule has 1 atom stereocenters. The minimum atomic E-state index is -1.65. The zero-order chi connectivity index (χ0) is 13.1. The van der Waals surface area contributed by atoms with Crippen molar-refractivity contribution >= 4 is 14.1 Å². The molecule has 0 bridgehead atoms. The molecule has 0 aromatic rings. The van der Waals surface area contributed by atoms with Crippen LogP contribution in [0.25, 0.3) is 0 Å². The molecule has 0 amide bonds. The lowest BCUT2D eigenvalue weighted by Gasteiger charge is -2.36. The van der Waals surface area contributed by atoms with Crippen LogP contribution in [0.3, 0.4) is 0 Å². The number of Topliss-reactive ketones (excluding diaryl/α,β-unsaturated/α-hetero) is 1. The zero-order valence-corrected chi connectivity index (χ0v) is 12.8. The van der Waals surface area contributed by atoms with Gasteiger partial charge in [-0.05, 0) is 31.0 Å². The van der Waals surface area contributed by atoms with Gasteiger partial charge in [-0.1, -0.05) is 20.8 Å². The van der Waals surface area contributed by atoms with Gasteiger partial charge in [0.1, 0.15) is 6.61 Å². The molecule has 0 aliphatic carbocycles. The monoisotopic (exact) mass is 258 g/mol. The molecule has 1 saturated heterocycles. The van der Waals surface area contributed by atoms with Crippen LogP contribution in [0.15, 0.2) is 0 Å². The predicted molar refractivity (Wildman–Crippen MR) is 71.7 cm³/mol. The quantitative estimate of drug-likeness (QED) is 0.727. The van der Waals surface area contributed by atoms with Crippen LogP contribution >= 0.6 is 0 Å². The van der Waals surface area contributed by atoms with Crippen molar-refractivity contribution in [2.45, 2.75) is 51.7 Å². The third-order valence-corrected chi connectivity index (χ3v) is 8.58. The summed E-state index contributed by atoms with van der Waals surface area (Å²) in [6.45, 7) is 12.9. The second-order valence-corrected chi connectivity index (χ2v) is 11.2. The average Bonchev–Trinajstić information content (AvgIpc) is 2.19. The minimum absolute atomic E-state index is 0.161. The molecule has 1 fully saturated rings. The van der Waals surface area contributed by atoms with E-state index in [2.05, 4.69) is 33.9 Å². The Morgan fingerprint density at radius 1 is 1.41 bits per heavy atom. The Morgan fingerprint density at radius 2 is 2.06 bits per heavy atom. The molecule has 0 spiro atoms. The summed E-state index contributed by atoms with van der Waals surface area (Å²) in [7, 11) is -1.65. The van der Waals surface area contributed by atoms with Crippen LogP contribution in [0.4, 0.5) is 0 Å². The number of carbonyl (C=O) groups excluding carboxylic acids is 1. The van der Waals surface area contributed by atoms with Gasteiger partial charge in [-0.2, -0.15) is 0 Å². The highest BCUT2D eigenvalue weighted by Gasteiger charge is 2.37. The number of ketones is 1. The van der Waals surface area contributed by atoms with E-state index < -0.39 is 8.32 Å². The summed E-state index contributed by atoms with van der Waals surface area (Å²) < 4.78 is 11.2. The summed E-state index contributed by atoms with van der Waals surface area (Å²) in [4.78, 5) is 11.6. The van der Waals surface area contributed by atoms with E-state index >= 15 is 0 Å². The molecule has 1 unspecified atom stereocenters. The summed E-state index contributed by atoms with van der Waals surface area (Å²) >= 11 is 0. The van der Waals surface area contributed by atoms with E-state index in [0.717, 1.165) is 19.4 Å². The molecule has 0 N–H and O–H groups in total.